The van der Waals surface area contributed by atoms with Crippen LogP contribution in [0.25, 0.3) is 0 Å². The van der Waals surface area contributed by atoms with E-state index in [-0.39, 0.29) is 24.2 Å². The zero-order chi connectivity index (χ0) is 18.7. The van der Waals surface area contributed by atoms with Gasteiger partial charge in [0, 0.05) is 24.3 Å². The van der Waals surface area contributed by atoms with Crippen LogP contribution in [0.1, 0.15) is 12.0 Å². The number of amides is 3. The van der Waals surface area contributed by atoms with E-state index in [1.54, 1.807) is 55.3 Å². The van der Waals surface area contributed by atoms with E-state index >= 15 is 0 Å². The second-order valence-corrected chi connectivity index (χ2v) is 6.17. The zero-order valence-corrected chi connectivity index (χ0v) is 14.6. The summed E-state index contributed by atoms with van der Waals surface area (Å²) < 4.78 is 18.7. The first-order valence-corrected chi connectivity index (χ1v) is 8.24. The third kappa shape index (κ3) is 3.93. The Morgan fingerprint density at radius 3 is 2.62 bits per heavy atom. The smallest absolute Gasteiger partial charge is 0.319 e. The summed E-state index contributed by atoms with van der Waals surface area (Å²) in [6, 6.07) is 10.9. The van der Waals surface area contributed by atoms with Crippen LogP contribution in [0.4, 0.5) is 20.6 Å². The van der Waals surface area contributed by atoms with Gasteiger partial charge in [0.15, 0.2) is 0 Å². The van der Waals surface area contributed by atoms with Gasteiger partial charge in [-0.2, -0.15) is 0 Å². The fourth-order valence-electron chi connectivity index (χ4n) is 2.84. The van der Waals surface area contributed by atoms with Crippen molar-refractivity contribution in [1.82, 2.24) is 5.32 Å². The highest BCUT2D eigenvalue weighted by molar-refractivity contribution is 5.97. The van der Waals surface area contributed by atoms with Gasteiger partial charge in [-0.05, 0) is 48.9 Å². The Morgan fingerprint density at radius 1 is 1.23 bits per heavy atom. The lowest BCUT2D eigenvalue weighted by molar-refractivity contribution is -0.117. The number of hydrogen-bond donors (Lipinski definition) is 2. The van der Waals surface area contributed by atoms with Crippen molar-refractivity contribution in [3.05, 3.63) is 53.8 Å². The molecule has 1 aliphatic heterocycles. The molecule has 1 aliphatic rings. The molecule has 26 heavy (non-hydrogen) atoms. The number of methoxy groups -OCH3 is 1. The van der Waals surface area contributed by atoms with E-state index in [0.717, 1.165) is 5.69 Å². The van der Waals surface area contributed by atoms with Crippen molar-refractivity contribution in [2.45, 2.75) is 19.4 Å². The highest BCUT2D eigenvalue weighted by Gasteiger charge is 2.31. The SMILES string of the molecule is COc1ccc(N2C[C@H](NC(=O)Nc3ccc(C)c(F)c3)CC2=O)cc1. The highest BCUT2D eigenvalue weighted by Crippen LogP contribution is 2.24. The Kier molecular flexibility index (Phi) is 5.06. The lowest BCUT2D eigenvalue weighted by atomic mass is 10.2. The first-order valence-electron chi connectivity index (χ1n) is 8.24. The highest BCUT2D eigenvalue weighted by atomic mass is 19.1. The van der Waals surface area contributed by atoms with Gasteiger partial charge in [0.25, 0.3) is 0 Å². The second kappa shape index (κ2) is 7.43. The number of carbonyl (C=O) groups is 2. The van der Waals surface area contributed by atoms with E-state index in [4.69, 9.17) is 4.74 Å². The van der Waals surface area contributed by atoms with Crippen molar-refractivity contribution in [2.75, 3.05) is 23.9 Å². The van der Waals surface area contributed by atoms with E-state index in [2.05, 4.69) is 10.6 Å². The van der Waals surface area contributed by atoms with Crippen LogP contribution in [0.5, 0.6) is 5.75 Å². The minimum Gasteiger partial charge on any atom is -0.497 e. The van der Waals surface area contributed by atoms with Gasteiger partial charge >= 0.3 is 6.03 Å². The Labute approximate surface area is 150 Å². The summed E-state index contributed by atoms with van der Waals surface area (Å²) in [5.74, 6) is 0.256. The summed E-state index contributed by atoms with van der Waals surface area (Å²) in [6.07, 6.45) is 0.210. The molecule has 0 aromatic heterocycles. The molecule has 1 fully saturated rings. The number of ether oxygens (including phenoxy) is 1. The predicted molar refractivity (Wildman–Crippen MR) is 97.0 cm³/mol. The minimum absolute atomic E-state index is 0.0677. The van der Waals surface area contributed by atoms with Crippen LogP contribution in [0, 0.1) is 12.7 Å². The fourth-order valence-corrected chi connectivity index (χ4v) is 2.84. The van der Waals surface area contributed by atoms with Crippen LogP contribution < -0.4 is 20.3 Å². The zero-order valence-electron chi connectivity index (χ0n) is 14.6. The van der Waals surface area contributed by atoms with Gasteiger partial charge in [0.2, 0.25) is 5.91 Å². The molecule has 2 aromatic rings. The molecule has 1 heterocycles. The van der Waals surface area contributed by atoms with Crippen LogP contribution >= 0.6 is 0 Å². The van der Waals surface area contributed by atoms with Gasteiger partial charge in [0.1, 0.15) is 11.6 Å². The number of hydrogen-bond acceptors (Lipinski definition) is 3. The predicted octanol–water partition coefficient (Wildman–Crippen LogP) is 3.07. The van der Waals surface area contributed by atoms with Crippen LogP contribution in [0.15, 0.2) is 42.5 Å². The van der Waals surface area contributed by atoms with Crippen LogP contribution in [0.3, 0.4) is 0 Å². The number of aryl methyl sites for hydroxylation is 1. The van der Waals surface area contributed by atoms with Crippen LogP contribution in [-0.4, -0.2) is 31.6 Å². The first-order chi connectivity index (χ1) is 12.5. The molecule has 136 valence electrons. The summed E-state index contributed by atoms with van der Waals surface area (Å²) in [4.78, 5) is 26.0. The lowest BCUT2D eigenvalue weighted by Crippen LogP contribution is -2.39. The van der Waals surface area contributed by atoms with Gasteiger partial charge in [-0.3, -0.25) is 4.79 Å². The minimum atomic E-state index is -0.470. The number of anilines is 2. The summed E-state index contributed by atoms with van der Waals surface area (Å²) in [5.41, 5.74) is 1.62. The molecule has 2 N–H and O–H groups in total. The summed E-state index contributed by atoms with van der Waals surface area (Å²) in [7, 11) is 1.58. The second-order valence-electron chi connectivity index (χ2n) is 6.17. The first kappa shape index (κ1) is 17.7. The largest absolute Gasteiger partial charge is 0.497 e. The van der Waals surface area contributed by atoms with Crippen LogP contribution in [0.2, 0.25) is 0 Å². The van der Waals surface area contributed by atoms with E-state index in [9.17, 15) is 14.0 Å². The van der Waals surface area contributed by atoms with Crippen molar-refractivity contribution in [1.29, 1.82) is 0 Å². The maximum absolute atomic E-state index is 13.5. The summed E-state index contributed by atoms with van der Waals surface area (Å²) in [5, 5.41) is 5.34. The molecule has 0 unspecified atom stereocenters. The molecule has 3 amide bonds. The normalized spacial score (nSPS) is 16.5. The molecule has 3 rings (SSSR count). The number of nitrogens with zero attached hydrogens (tertiary/aromatic N) is 1. The number of benzene rings is 2. The summed E-state index contributed by atoms with van der Waals surface area (Å²) in [6.45, 7) is 2.03. The number of halogens is 1. The Bertz CT molecular complexity index is 823. The van der Waals surface area contributed by atoms with Crippen LogP contribution in [-0.2, 0) is 4.79 Å². The standard InChI is InChI=1S/C19H20FN3O3/c1-12-3-4-13(9-17(12)20)21-19(25)22-14-10-18(24)23(11-14)15-5-7-16(26-2)8-6-15/h3-9,14H,10-11H2,1-2H3,(H2,21,22,25)/t14-/m1/s1. The van der Waals surface area contributed by atoms with Crippen molar-refractivity contribution >= 4 is 23.3 Å². The quantitative estimate of drug-likeness (QED) is 0.883. The molecule has 6 nitrogen and oxygen atoms in total. The average Bonchev–Trinajstić information content (AvgIpc) is 2.98. The molecule has 0 spiro atoms. The Morgan fingerprint density at radius 2 is 1.96 bits per heavy atom. The molecule has 0 bridgehead atoms. The fraction of sp³-hybridized carbons (Fsp3) is 0.263. The monoisotopic (exact) mass is 357 g/mol. The number of urea groups is 1. The molecule has 7 heteroatoms. The van der Waals surface area contributed by atoms with Crippen molar-refractivity contribution in [3.63, 3.8) is 0 Å². The molecule has 0 aliphatic carbocycles. The third-order valence-corrected chi connectivity index (χ3v) is 4.27. The van der Waals surface area contributed by atoms with Crippen molar-refractivity contribution in [3.8, 4) is 5.75 Å². The lowest BCUT2D eigenvalue weighted by Gasteiger charge is -2.18. The maximum atomic E-state index is 13.5. The van der Waals surface area contributed by atoms with E-state index in [1.165, 1.54) is 6.07 Å². The Hall–Kier alpha value is -3.09. The van der Waals surface area contributed by atoms with E-state index in [0.29, 0.717) is 23.5 Å². The maximum Gasteiger partial charge on any atom is 0.319 e. The van der Waals surface area contributed by atoms with Gasteiger partial charge in [-0.1, -0.05) is 6.07 Å². The van der Waals surface area contributed by atoms with E-state index in [1.807, 2.05) is 0 Å². The molecular formula is C19H20FN3O3. The van der Waals surface area contributed by atoms with Crippen molar-refractivity contribution < 1.29 is 18.7 Å². The van der Waals surface area contributed by atoms with Crippen molar-refractivity contribution in [2.24, 2.45) is 0 Å². The number of carbonyl (C=O) groups excluding carboxylic acids is 2. The number of nitrogens with one attached hydrogen (secondary N) is 2. The molecule has 1 atom stereocenters. The molecule has 0 saturated carbocycles. The average molecular weight is 357 g/mol. The molecule has 0 radical (unpaired) electrons. The molecule has 2 aromatic carbocycles. The molecular weight excluding hydrogens is 337 g/mol. The number of rotatable bonds is 4. The summed E-state index contributed by atoms with van der Waals surface area (Å²) >= 11 is 0. The van der Waals surface area contributed by atoms with E-state index < -0.39 is 6.03 Å². The van der Waals surface area contributed by atoms with Gasteiger partial charge in [-0.25, -0.2) is 9.18 Å². The topological polar surface area (TPSA) is 70.7 Å². The molecule has 1 saturated heterocycles. The van der Waals surface area contributed by atoms with Gasteiger partial charge in [0.05, 0.1) is 13.2 Å². The van der Waals surface area contributed by atoms with Gasteiger partial charge < -0.3 is 20.3 Å². The van der Waals surface area contributed by atoms with Gasteiger partial charge in [-0.15, -0.1) is 0 Å². The Balaban J connectivity index is 1.59. The third-order valence-electron chi connectivity index (χ3n) is 4.27.